The number of para-hydroxylation sites is 1. The van der Waals surface area contributed by atoms with E-state index in [0.29, 0.717) is 5.92 Å². The van der Waals surface area contributed by atoms with E-state index in [2.05, 4.69) is 29.7 Å². The Morgan fingerprint density at radius 1 is 1.27 bits per heavy atom. The highest BCUT2D eigenvalue weighted by Crippen LogP contribution is 2.34. The zero-order valence-electron chi connectivity index (χ0n) is 12.8. The van der Waals surface area contributed by atoms with E-state index < -0.39 is 11.7 Å². The lowest BCUT2D eigenvalue weighted by atomic mass is 10.1. The summed E-state index contributed by atoms with van der Waals surface area (Å²) in [6.07, 6.45) is -2.63. The predicted molar refractivity (Wildman–Crippen MR) is 88.0 cm³/mol. The number of hydrazone groups is 1. The summed E-state index contributed by atoms with van der Waals surface area (Å²) in [6.45, 7) is 6.07. The monoisotopic (exact) mass is 331 g/mol. The smallest absolute Gasteiger partial charge is 0.331 e. The summed E-state index contributed by atoms with van der Waals surface area (Å²) in [5.74, 6) is 0.564. The number of benzene rings is 1. The fraction of sp³-hybridized carbons (Fsp3) is 0.467. The Labute approximate surface area is 134 Å². The quantitative estimate of drug-likeness (QED) is 0.462. The predicted octanol–water partition coefficient (Wildman–Crippen LogP) is 4.80. The van der Waals surface area contributed by atoms with Crippen molar-refractivity contribution in [1.29, 1.82) is 0 Å². The summed E-state index contributed by atoms with van der Waals surface area (Å²) >= 11 is 4.98. The minimum absolute atomic E-state index is 0.0283. The molecular weight excluding hydrogens is 311 g/mol. The first-order valence-electron chi connectivity index (χ1n) is 6.96. The van der Waals surface area contributed by atoms with Crippen LogP contribution >= 0.6 is 12.2 Å². The highest BCUT2D eigenvalue weighted by molar-refractivity contribution is 7.80. The molecule has 0 aliphatic carbocycles. The van der Waals surface area contributed by atoms with Crippen LogP contribution < -0.4 is 10.7 Å². The average molecular weight is 331 g/mol. The molecule has 0 fully saturated rings. The van der Waals surface area contributed by atoms with Gasteiger partial charge in [0.15, 0.2) is 5.11 Å². The van der Waals surface area contributed by atoms with Crippen molar-refractivity contribution < 1.29 is 13.2 Å². The van der Waals surface area contributed by atoms with E-state index in [4.69, 9.17) is 12.2 Å². The van der Waals surface area contributed by atoms with Crippen molar-refractivity contribution >= 4 is 28.7 Å². The number of hydrogen-bond acceptors (Lipinski definition) is 2. The summed E-state index contributed by atoms with van der Waals surface area (Å²) < 4.78 is 38.6. The Morgan fingerprint density at radius 2 is 1.91 bits per heavy atom. The Bertz CT molecular complexity index is 539. The van der Waals surface area contributed by atoms with Crippen molar-refractivity contribution in [3.63, 3.8) is 0 Å². The van der Waals surface area contributed by atoms with Crippen molar-refractivity contribution in [3.8, 4) is 0 Å². The molecule has 0 unspecified atom stereocenters. The molecule has 7 heteroatoms. The van der Waals surface area contributed by atoms with Crippen LogP contribution in [0.3, 0.4) is 0 Å². The second-order valence-corrected chi connectivity index (χ2v) is 5.80. The lowest BCUT2D eigenvalue weighted by Crippen LogP contribution is -2.26. The van der Waals surface area contributed by atoms with Crippen LogP contribution in [-0.2, 0) is 6.18 Å². The molecule has 1 aromatic rings. The van der Waals surface area contributed by atoms with Gasteiger partial charge >= 0.3 is 6.18 Å². The number of alkyl halides is 3. The molecule has 0 saturated heterocycles. The third kappa shape index (κ3) is 6.43. The Kier molecular flexibility index (Phi) is 6.80. The molecule has 0 amide bonds. The maximum Gasteiger partial charge on any atom is 0.418 e. The lowest BCUT2D eigenvalue weighted by Gasteiger charge is -2.14. The number of hydrogen-bond donors (Lipinski definition) is 2. The van der Waals surface area contributed by atoms with Crippen molar-refractivity contribution in [2.24, 2.45) is 11.0 Å². The largest absolute Gasteiger partial charge is 0.418 e. The van der Waals surface area contributed by atoms with Gasteiger partial charge in [-0.1, -0.05) is 26.0 Å². The van der Waals surface area contributed by atoms with Crippen molar-refractivity contribution in [1.82, 2.24) is 5.43 Å². The van der Waals surface area contributed by atoms with Gasteiger partial charge in [-0.15, -0.1) is 0 Å². The van der Waals surface area contributed by atoms with E-state index in [-0.39, 0.29) is 10.8 Å². The molecular formula is C15H20F3N3S. The van der Waals surface area contributed by atoms with Gasteiger partial charge in [0.1, 0.15) is 0 Å². The van der Waals surface area contributed by atoms with E-state index in [1.165, 1.54) is 18.2 Å². The zero-order chi connectivity index (χ0) is 16.8. The number of anilines is 1. The van der Waals surface area contributed by atoms with Crippen LogP contribution in [0.25, 0.3) is 0 Å². The summed E-state index contributed by atoms with van der Waals surface area (Å²) in [5.41, 5.74) is 2.56. The van der Waals surface area contributed by atoms with E-state index in [1.807, 2.05) is 6.92 Å². The molecule has 1 rings (SSSR count). The van der Waals surface area contributed by atoms with Crippen LogP contribution in [0.4, 0.5) is 18.9 Å². The van der Waals surface area contributed by atoms with Crippen LogP contribution in [0.1, 0.15) is 39.2 Å². The van der Waals surface area contributed by atoms with Gasteiger partial charge in [0, 0.05) is 5.71 Å². The molecule has 0 saturated carbocycles. The zero-order valence-corrected chi connectivity index (χ0v) is 13.6. The van der Waals surface area contributed by atoms with Gasteiger partial charge in [0.2, 0.25) is 0 Å². The van der Waals surface area contributed by atoms with Gasteiger partial charge in [-0.2, -0.15) is 18.3 Å². The van der Waals surface area contributed by atoms with Crippen LogP contribution in [-0.4, -0.2) is 10.8 Å². The molecule has 0 heterocycles. The summed E-state index contributed by atoms with van der Waals surface area (Å²) in [4.78, 5) is 0. The van der Waals surface area contributed by atoms with Gasteiger partial charge < -0.3 is 5.32 Å². The SMILES string of the molecule is C/C(CCC(C)C)=N\NC(=S)Nc1ccccc1C(F)(F)F. The third-order valence-corrected chi connectivity index (χ3v) is 3.11. The fourth-order valence-electron chi connectivity index (χ4n) is 1.69. The highest BCUT2D eigenvalue weighted by Gasteiger charge is 2.33. The first-order valence-corrected chi connectivity index (χ1v) is 7.37. The van der Waals surface area contributed by atoms with E-state index in [9.17, 15) is 13.2 Å². The minimum Gasteiger partial charge on any atom is -0.331 e. The van der Waals surface area contributed by atoms with E-state index in [1.54, 1.807) is 0 Å². The Balaban J connectivity index is 2.65. The molecule has 0 radical (unpaired) electrons. The number of nitrogens with zero attached hydrogens (tertiary/aromatic N) is 1. The van der Waals surface area contributed by atoms with Gasteiger partial charge in [-0.05, 0) is 50.0 Å². The second-order valence-electron chi connectivity index (χ2n) is 5.39. The molecule has 0 spiro atoms. The minimum atomic E-state index is -4.43. The van der Waals surface area contributed by atoms with Gasteiger partial charge in [-0.3, -0.25) is 5.43 Å². The van der Waals surface area contributed by atoms with E-state index in [0.717, 1.165) is 24.6 Å². The molecule has 3 nitrogen and oxygen atoms in total. The summed E-state index contributed by atoms with van der Waals surface area (Å²) in [5, 5.41) is 6.62. The molecule has 0 aliphatic rings. The molecule has 0 aliphatic heterocycles. The van der Waals surface area contributed by atoms with Crippen LogP contribution in [0.5, 0.6) is 0 Å². The molecule has 22 heavy (non-hydrogen) atoms. The van der Waals surface area contributed by atoms with Crippen molar-refractivity contribution in [2.75, 3.05) is 5.32 Å². The lowest BCUT2D eigenvalue weighted by molar-refractivity contribution is -0.136. The van der Waals surface area contributed by atoms with Gasteiger partial charge in [0.25, 0.3) is 0 Å². The number of nitrogens with one attached hydrogen (secondary N) is 2. The fourth-order valence-corrected chi connectivity index (χ4v) is 1.84. The first kappa shape index (κ1) is 18.4. The highest BCUT2D eigenvalue weighted by atomic mass is 32.1. The topological polar surface area (TPSA) is 36.4 Å². The van der Waals surface area contributed by atoms with Gasteiger partial charge in [-0.25, -0.2) is 0 Å². The Morgan fingerprint density at radius 3 is 2.50 bits per heavy atom. The average Bonchev–Trinajstić information content (AvgIpc) is 2.42. The van der Waals surface area contributed by atoms with Crippen LogP contribution in [0.15, 0.2) is 29.4 Å². The number of halogens is 3. The molecule has 0 atom stereocenters. The van der Waals surface area contributed by atoms with Gasteiger partial charge in [0.05, 0.1) is 11.3 Å². The number of rotatable bonds is 5. The maximum absolute atomic E-state index is 12.9. The van der Waals surface area contributed by atoms with Crippen LogP contribution in [0, 0.1) is 5.92 Å². The molecule has 0 aromatic heterocycles. The summed E-state index contributed by atoms with van der Waals surface area (Å²) in [7, 11) is 0. The molecule has 122 valence electrons. The van der Waals surface area contributed by atoms with E-state index >= 15 is 0 Å². The molecule has 1 aromatic carbocycles. The Hall–Kier alpha value is -1.63. The third-order valence-electron chi connectivity index (χ3n) is 2.91. The second kappa shape index (κ2) is 8.12. The first-order chi connectivity index (χ1) is 10.2. The standard InChI is InChI=1S/C15H20F3N3S/c1-10(2)8-9-11(3)20-21-14(22)19-13-7-5-4-6-12(13)15(16,17)18/h4-7,10H,8-9H2,1-3H3,(H2,19,21,22)/b20-11+. The number of thiocarbonyl (C=S) groups is 1. The maximum atomic E-state index is 12.9. The molecule has 2 N–H and O–H groups in total. The van der Waals surface area contributed by atoms with Crippen molar-refractivity contribution in [3.05, 3.63) is 29.8 Å². The van der Waals surface area contributed by atoms with Crippen molar-refractivity contribution in [2.45, 2.75) is 39.8 Å². The van der Waals surface area contributed by atoms with Crippen LogP contribution in [0.2, 0.25) is 0 Å². The summed E-state index contributed by atoms with van der Waals surface area (Å²) in [6, 6.07) is 5.17. The molecule has 0 bridgehead atoms. The normalized spacial score (nSPS) is 12.4.